The molecule has 0 radical (unpaired) electrons. The van der Waals surface area contributed by atoms with E-state index in [1.54, 1.807) is 6.33 Å². The summed E-state index contributed by atoms with van der Waals surface area (Å²) in [5.74, 6) is 2.61. The lowest BCUT2D eigenvalue weighted by Crippen LogP contribution is -2.26. The SMILES string of the molecule is CC(C)c1ncnc(NC2CCC(c3ccccc3)CC2)n1. The summed E-state index contributed by atoms with van der Waals surface area (Å²) in [5.41, 5.74) is 1.48. The van der Waals surface area contributed by atoms with Gasteiger partial charge >= 0.3 is 0 Å². The van der Waals surface area contributed by atoms with E-state index in [4.69, 9.17) is 0 Å². The Hall–Kier alpha value is -1.97. The van der Waals surface area contributed by atoms with E-state index in [2.05, 4.69) is 64.4 Å². The Morgan fingerprint density at radius 2 is 1.73 bits per heavy atom. The number of benzene rings is 1. The number of hydrogen-bond donors (Lipinski definition) is 1. The molecule has 0 saturated heterocycles. The summed E-state index contributed by atoms with van der Waals surface area (Å²) in [5, 5.41) is 3.49. The fraction of sp³-hybridized carbons (Fsp3) is 0.500. The molecule has 0 atom stereocenters. The Morgan fingerprint density at radius 1 is 1.00 bits per heavy atom. The summed E-state index contributed by atoms with van der Waals surface area (Å²) in [4.78, 5) is 13.0. The van der Waals surface area contributed by atoms with Gasteiger partial charge in [0.2, 0.25) is 5.95 Å². The zero-order valence-electron chi connectivity index (χ0n) is 13.4. The highest BCUT2D eigenvalue weighted by Crippen LogP contribution is 2.33. The van der Waals surface area contributed by atoms with E-state index in [-0.39, 0.29) is 0 Å². The monoisotopic (exact) mass is 296 g/mol. The zero-order chi connectivity index (χ0) is 15.4. The third-order valence-electron chi connectivity index (χ3n) is 4.44. The molecule has 1 heterocycles. The average Bonchev–Trinajstić information content (AvgIpc) is 2.56. The van der Waals surface area contributed by atoms with Crippen LogP contribution in [-0.4, -0.2) is 21.0 Å². The van der Waals surface area contributed by atoms with Crippen LogP contribution in [-0.2, 0) is 0 Å². The van der Waals surface area contributed by atoms with Gasteiger partial charge in [-0.05, 0) is 37.2 Å². The molecule has 1 fully saturated rings. The van der Waals surface area contributed by atoms with E-state index in [0.717, 1.165) is 11.8 Å². The van der Waals surface area contributed by atoms with Crippen molar-refractivity contribution in [3.8, 4) is 0 Å². The quantitative estimate of drug-likeness (QED) is 0.921. The maximum atomic E-state index is 4.51. The number of hydrogen-bond acceptors (Lipinski definition) is 4. The maximum absolute atomic E-state index is 4.51. The van der Waals surface area contributed by atoms with Crippen molar-refractivity contribution in [3.63, 3.8) is 0 Å². The van der Waals surface area contributed by atoms with Gasteiger partial charge in [0, 0.05) is 12.0 Å². The van der Waals surface area contributed by atoms with Crippen molar-refractivity contribution in [3.05, 3.63) is 48.0 Å². The van der Waals surface area contributed by atoms with E-state index in [0.29, 0.717) is 17.9 Å². The van der Waals surface area contributed by atoms with Crippen molar-refractivity contribution in [1.29, 1.82) is 0 Å². The molecule has 1 N–H and O–H groups in total. The molecule has 0 amide bonds. The average molecular weight is 296 g/mol. The molecule has 1 aliphatic carbocycles. The highest BCUT2D eigenvalue weighted by atomic mass is 15.2. The summed E-state index contributed by atoms with van der Waals surface area (Å²) in [6.07, 6.45) is 6.40. The first-order valence-electron chi connectivity index (χ1n) is 8.23. The molecule has 1 aromatic heterocycles. The van der Waals surface area contributed by atoms with Gasteiger partial charge in [-0.1, -0.05) is 44.2 Å². The largest absolute Gasteiger partial charge is 0.351 e. The Labute approximate surface area is 132 Å². The summed E-state index contributed by atoms with van der Waals surface area (Å²) in [6.45, 7) is 4.20. The topological polar surface area (TPSA) is 50.7 Å². The number of rotatable bonds is 4. The second-order valence-electron chi connectivity index (χ2n) is 6.43. The lowest BCUT2D eigenvalue weighted by molar-refractivity contribution is 0.410. The van der Waals surface area contributed by atoms with E-state index in [1.165, 1.54) is 31.2 Å². The van der Waals surface area contributed by atoms with Crippen molar-refractivity contribution < 1.29 is 0 Å². The fourth-order valence-electron chi connectivity index (χ4n) is 3.14. The molecule has 1 aliphatic rings. The van der Waals surface area contributed by atoms with Crippen LogP contribution in [0.5, 0.6) is 0 Å². The standard InChI is InChI=1S/C18H24N4/c1-13(2)17-19-12-20-18(22-17)21-16-10-8-15(9-11-16)14-6-4-3-5-7-14/h3-7,12-13,15-16H,8-11H2,1-2H3,(H,19,20,21,22). The van der Waals surface area contributed by atoms with Gasteiger partial charge < -0.3 is 5.32 Å². The minimum Gasteiger partial charge on any atom is -0.351 e. The van der Waals surface area contributed by atoms with Crippen molar-refractivity contribution in [1.82, 2.24) is 15.0 Å². The van der Waals surface area contributed by atoms with Crippen LogP contribution in [0.2, 0.25) is 0 Å². The van der Waals surface area contributed by atoms with Crippen LogP contribution < -0.4 is 5.32 Å². The van der Waals surface area contributed by atoms with Crippen LogP contribution in [0.25, 0.3) is 0 Å². The molecule has 0 bridgehead atoms. The smallest absolute Gasteiger partial charge is 0.226 e. The van der Waals surface area contributed by atoms with Crippen LogP contribution in [0, 0.1) is 0 Å². The van der Waals surface area contributed by atoms with Crippen molar-refractivity contribution in [2.24, 2.45) is 0 Å². The molecule has 22 heavy (non-hydrogen) atoms. The normalized spacial score (nSPS) is 21.8. The van der Waals surface area contributed by atoms with E-state index >= 15 is 0 Å². The minimum atomic E-state index is 0.331. The first-order chi connectivity index (χ1) is 10.7. The molecule has 3 rings (SSSR count). The lowest BCUT2D eigenvalue weighted by atomic mass is 9.82. The van der Waals surface area contributed by atoms with E-state index in [1.807, 2.05) is 0 Å². The summed E-state index contributed by atoms with van der Waals surface area (Å²) < 4.78 is 0. The molecule has 4 heteroatoms. The molecular weight excluding hydrogens is 272 g/mol. The van der Waals surface area contributed by atoms with Crippen LogP contribution in [0.4, 0.5) is 5.95 Å². The maximum Gasteiger partial charge on any atom is 0.226 e. The van der Waals surface area contributed by atoms with E-state index < -0.39 is 0 Å². The van der Waals surface area contributed by atoms with Crippen LogP contribution in [0.1, 0.15) is 62.8 Å². The number of aromatic nitrogens is 3. The van der Waals surface area contributed by atoms with Crippen LogP contribution in [0.15, 0.2) is 36.7 Å². The van der Waals surface area contributed by atoms with E-state index in [9.17, 15) is 0 Å². The predicted molar refractivity (Wildman–Crippen MR) is 89.0 cm³/mol. The molecule has 1 saturated carbocycles. The van der Waals surface area contributed by atoms with Gasteiger partial charge in [0.25, 0.3) is 0 Å². The Morgan fingerprint density at radius 3 is 2.41 bits per heavy atom. The number of nitrogens with zero attached hydrogens (tertiary/aromatic N) is 3. The first kappa shape index (κ1) is 14.9. The van der Waals surface area contributed by atoms with Gasteiger partial charge in [-0.15, -0.1) is 0 Å². The zero-order valence-corrected chi connectivity index (χ0v) is 13.4. The van der Waals surface area contributed by atoms with Gasteiger partial charge in [-0.2, -0.15) is 4.98 Å². The highest BCUT2D eigenvalue weighted by Gasteiger charge is 2.22. The molecule has 0 unspecified atom stereocenters. The van der Waals surface area contributed by atoms with Crippen LogP contribution in [0.3, 0.4) is 0 Å². The van der Waals surface area contributed by atoms with Crippen molar-refractivity contribution in [2.75, 3.05) is 5.32 Å². The summed E-state index contributed by atoms with van der Waals surface area (Å²) in [6, 6.07) is 11.3. The third kappa shape index (κ3) is 3.62. The van der Waals surface area contributed by atoms with Gasteiger partial charge in [0.1, 0.15) is 12.2 Å². The molecule has 4 nitrogen and oxygen atoms in total. The molecule has 116 valence electrons. The second kappa shape index (κ2) is 6.86. The number of anilines is 1. The second-order valence-corrected chi connectivity index (χ2v) is 6.43. The summed E-state index contributed by atoms with van der Waals surface area (Å²) >= 11 is 0. The van der Waals surface area contributed by atoms with Gasteiger partial charge in [0.05, 0.1) is 0 Å². The molecule has 2 aromatic rings. The van der Waals surface area contributed by atoms with Gasteiger partial charge in [-0.3, -0.25) is 0 Å². The van der Waals surface area contributed by atoms with Gasteiger partial charge in [0.15, 0.2) is 0 Å². The van der Waals surface area contributed by atoms with Gasteiger partial charge in [-0.25, -0.2) is 9.97 Å². The van der Waals surface area contributed by atoms with Crippen molar-refractivity contribution in [2.45, 2.75) is 57.4 Å². The lowest BCUT2D eigenvalue weighted by Gasteiger charge is -2.29. The minimum absolute atomic E-state index is 0.331. The summed E-state index contributed by atoms with van der Waals surface area (Å²) in [7, 11) is 0. The molecule has 0 aliphatic heterocycles. The Kier molecular flexibility index (Phi) is 4.66. The fourth-order valence-corrected chi connectivity index (χ4v) is 3.14. The number of nitrogens with one attached hydrogen (secondary N) is 1. The molecule has 0 spiro atoms. The predicted octanol–water partition coefficient (Wildman–Crippen LogP) is 4.13. The highest BCUT2D eigenvalue weighted by molar-refractivity contribution is 5.26. The van der Waals surface area contributed by atoms with Crippen LogP contribution >= 0.6 is 0 Å². The molecular formula is C18H24N4. The Bertz CT molecular complexity index is 589. The first-order valence-corrected chi connectivity index (χ1v) is 8.23. The third-order valence-corrected chi connectivity index (χ3v) is 4.44. The van der Waals surface area contributed by atoms with Crippen molar-refractivity contribution >= 4 is 5.95 Å². The Balaban J connectivity index is 1.57. The molecule has 1 aromatic carbocycles.